The molecule has 0 saturated heterocycles. The molecule has 0 radical (unpaired) electrons. The topological polar surface area (TPSA) is 51.5 Å². The van der Waals surface area contributed by atoms with Gasteiger partial charge in [-0.15, -0.1) is 0 Å². The molecule has 0 saturated carbocycles. The van der Waals surface area contributed by atoms with Gasteiger partial charge in [-0.1, -0.05) is 77.7 Å². The Morgan fingerprint density at radius 1 is 0.476 bits per heavy atom. The van der Waals surface area contributed by atoms with E-state index in [4.69, 9.17) is 14.2 Å². The summed E-state index contributed by atoms with van der Waals surface area (Å²) in [5.41, 5.74) is 6.82. The number of methoxy groups -OCH3 is 1. The Kier molecular flexibility index (Phi) is 10.7. The van der Waals surface area contributed by atoms with Crippen LogP contribution in [0.2, 0.25) is 0 Å². The zero-order chi connectivity index (χ0) is 43.3. The van der Waals surface area contributed by atoms with Crippen molar-refractivity contribution in [3.63, 3.8) is 0 Å². The molecule has 8 aromatic carbocycles. The lowest BCUT2D eigenvalue weighted by molar-refractivity contribution is -0.137. The Bertz CT molecular complexity index is 3390. The van der Waals surface area contributed by atoms with E-state index >= 15 is 0 Å². The van der Waals surface area contributed by atoms with Gasteiger partial charge in [-0.05, 0) is 143 Å². The fraction of sp³-hybridized carbons (Fsp3) is 0.0536. The fourth-order valence-corrected chi connectivity index (χ4v) is 7.19. The second-order valence-corrected chi connectivity index (χ2v) is 14.4. The van der Waals surface area contributed by atoms with Crippen LogP contribution in [0, 0.1) is 58.7 Å². The molecule has 63 heavy (non-hydrogen) atoms. The first kappa shape index (κ1) is 39.6. The maximum atomic E-state index is 13.2. The molecule has 1 aliphatic rings. The largest absolute Gasteiger partial charge is 0.497 e. The van der Waals surface area contributed by atoms with Crippen LogP contribution in [-0.2, 0) is 6.18 Å². The van der Waals surface area contributed by atoms with Gasteiger partial charge < -0.3 is 14.2 Å². The molecular weight excluding hydrogens is 792 g/mol. The van der Waals surface area contributed by atoms with E-state index in [-0.39, 0.29) is 6.79 Å². The standard InChI is InChI=1S/C56H30F3NO3/c1-61-49-27-19-40(20-28-49)8-12-42-22-30-50-46(32-42)33-44(23-15-37-5-3-2-4-6-37)54-52(50)53-51-29-21-41(11-7-39-17-25-48(26-18-39)56(57,58)59)31-47(51)34-45(55(53)63-36-62-54)24-16-38-9-13-43(35-60)14-10-38/h2-6,9-10,13-14,17-22,25-34H,36H2,1H3. The number of nitriles is 1. The first-order chi connectivity index (χ1) is 30.7. The normalized spacial score (nSPS) is 11.2. The van der Waals surface area contributed by atoms with Crippen LogP contribution < -0.4 is 14.2 Å². The lowest BCUT2D eigenvalue weighted by Crippen LogP contribution is -2.05. The highest BCUT2D eigenvalue weighted by molar-refractivity contribution is 6.12. The van der Waals surface area contributed by atoms with E-state index in [2.05, 4.69) is 53.4 Å². The maximum absolute atomic E-state index is 13.2. The van der Waals surface area contributed by atoms with Gasteiger partial charge in [-0.3, -0.25) is 0 Å². The number of hydrogen-bond acceptors (Lipinski definition) is 4. The first-order valence-corrected chi connectivity index (χ1v) is 19.6. The van der Waals surface area contributed by atoms with Gasteiger partial charge in [0.15, 0.2) is 0 Å². The van der Waals surface area contributed by atoms with Crippen molar-refractivity contribution >= 4 is 21.5 Å². The summed E-state index contributed by atoms with van der Waals surface area (Å²) in [5.74, 6) is 27.8. The van der Waals surface area contributed by atoms with E-state index in [1.165, 1.54) is 12.1 Å². The van der Waals surface area contributed by atoms with Crippen LogP contribution in [0.25, 0.3) is 32.7 Å². The van der Waals surface area contributed by atoms with E-state index in [1.54, 1.807) is 31.4 Å². The van der Waals surface area contributed by atoms with Crippen LogP contribution in [-0.4, -0.2) is 13.9 Å². The summed E-state index contributed by atoms with van der Waals surface area (Å²) in [6.45, 7) is -0.120. The first-order valence-electron chi connectivity index (χ1n) is 19.6. The second kappa shape index (κ2) is 17.1. The van der Waals surface area contributed by atoms with E-state index in [9.17, 15) is 18.4 Å². The van der Waals surface area contributed by atoms with Crippen LogP contribution in [0.3, 0.4) is 0 Å². The van der Waals surface area contributed by atoms with E-state index in [0.717, 1.165) is 67.2 Å². The van der Waals surface area contributed by atoms with E-state index in [0.29, 0.717) is 44.9 Å². The van der Waals surface area contributed by atoms with Crippen molar-refractivity contribution < 1.29 is 27.4 Å². The minimum atomic E-state index is -4.44. The monoisotopic (exact) mass is 821 g/mol. The third kappa shape index (κ3) is 8.62. The van der Waals surface area contributed by atoms with E-state index < -0.39 is 11.7 Å². The predicted molar refractivity (Wildman–Crippen MR) is 239 cm³/mol. The van der Waals surface area contributed by atoms with Gasteiger partial charge in [0.1, 0.15) is 17.2 Å². The Morgan fingerprint density at radius 3 is 1.37 bits per heavy atom. The van der Waals surface area contributed by atoms with Crippen molar-refractivity contribution in [2.75, 3.05) is 13.9 Å². The molecule has 1 aliphatic heterocycles. The average molecular weight is 822 g/mol. The zero-order valence-electron chi connectivity index (χ0n) is 33.4. The molecule has 298 valence electrons. The summed E-state index contributed by atoms with van der Waals surface area (Å²) in [6, 6.07) is 47.0. The molecule has 8 aromatic rings. The molecule has 0 aliphatic carbocycles. The molecule has 1 heterocycles. The van der Waals surface area contributed by atoms with Crippen LogP contribution in [0.1, 0.15) is 55.6 Å². The number of rotatable bonds is 1. The smallest absolute Gasteiger partial charge is 0.416 e. The molecule has 0 N–H and O–H groups in total. The van der Waals surface area contributed by atoms with Crippen molar-refractivity contribution in [3.05, 3.63) is 207 Å². The molecule has 9 rings (SSSR count). The molecule has 4 nitrogen and oxygen atoms in total. The lowest BCUT2D eigenvalue weighted by Gasteiger charge is -2.17. The number of nitrogens with zero attached hydrogens (tertiary/aromatic N) is 1. The van der Waals surface area contributed by atoms with Crippen molar-refractivity contribution in [3.8, 4) is 81.8 Å². The van der Waals surface area contributed by atoms with Crippen molar-refractivity contribution in [2.24, 2.45) is 0 Å². The quantitative estimate of drug-likeness (QED) is 0.155. The molecule has 0 atom stereocenters. The Labute approximate surface area is 362 Å². The predicted octanol–water partition coefficient (Wildman–Crippen LogP) is 11.9. The number of benzene rings is 8. The van der Waals surface area contributed by atoms with Gasteiger partial charge in [-0.25, -0.2) is 0 Å². The lowest BCUT2D eigenvalue weighted by atomic mass is 9.88. The molecular formula is C56H30F3NO3. The van der Waals surface area contributed by atoms with Gasteiger partial charge in [0.25, 0.3) is 0 Å². The molecule has 0 unspecified atom stereocenters. The van der Waals surface area contributed by atoms with Gasteiger partial charge in [0, 0.05) is 44.5 Å². The molecule has 7 heteroatoms. The summed E-state index contributed by atoms with van der Waals surface area (Å²) in [6.07, 6.45) is -4.44. The minimum Gasteiger partial charge on any atom is -0.497 e. The van der Waals surface area contributed by atoms with Crippen molar-refractivity contribution in [1.29, 1.82) is 5.26 Å². The minimum absolute atomic E-state index is 0.120. The SMILES string of the molecule is COc1ccc(C#Cc2ccc3c4c(c(C#Cc5ccccc5)cc3c2)OCOc2c(C#Cc3ccc(C#N)cc3)cc3cc(C#Cc5ccc(C(F)(F)F)cc5)ccc3c2-4)cc1. The number of halogens is 3. The van der Waals surface area contributed by atoms with Crippen LogP contribution in [0.4, 0.5) is 13.2 Å². The highest BCUT2D eigenvalue weighted by Crippen LogP contribution is 2.50. The van der Waals surface area contributed by atoms with Crippen molar-refractivity contribution in [2.45, 2.75) is 6.18 Å². The summed E-state index contributed by atoms with van der Waals surface area (Å²) >= 11 is 0. The Hall–Kier alpha value is -8.80. The summed E-state index contributed by atoms with van der Waals surface area (Å²) in [4.78, 5) is 0. The average Bonchev–Trinajstić information content (AvgIpc) is 3.52. The third-order valence-electron chi connectivity index (χ3n) is 10.3. The Morgan fingerprint density at radius 2 is 0.889 bits per heavy atom. The van der Waals surface area contributed by atoms with Crippen molar-refractivity contribution in [1.82, 2.24) is 0 Å². The highest BCUT2D eigenvalue weighted by Gasteiger charge is 2.30. The number of hydrogen-bond donors (Lipinski definition) is 0. The van der Waals surface area contributed by atoms with Crippen LogP contribution >= 0.6 is 0 Å². The van der Waals surface area contributed by atoms with Gasteiger partial charge in [0.2, 0.25) is 6.79 Å². The van der Waals surface area contributed by atoms with Gasteiger partial charge >= 0.3 is 6.18 Å². The zero-order valence-corrected chi connectivity index (χ0v) is 33.4. The summed E-state index contributed by atoms with van der Waals surface area (Å²) in [5, 5.41) is 12.7. The molecule has 0 bridgehead atoms. The summed E-state index contributed by atoms with van der Waals surface area (Å²) < 4.78 is 58.0. The number of alkyl halides is 3. The fourth-order valence-electron chi connectivity index (χ4n) is 7.19. The molecule has 0 spiro atoms. The van der Waals surface area contributed by atoms with Crippen LogP contribution in [0.5, 0.6) is 17.2 Å². The number of ether oxygens (including phenoxy) is 3. The summed E-state index contributed by atoms with van der Waals surface area (Å²) in [7, 11) is 1.63. The van der Waals surface area contributed by atoms with Crippen LogP contribution in [0.15, 0.2) is 152 Å². The Balaban J connectivity index is 1.26. The molecule has 0 aromatic heterocycles. The maximum Gasteiger partial charge on any atom is 0.416 e. The number of fused-ring (bicyclic) bond motifs is 7. The molecule has 0 fully saturated rings. The second-order valence-electron chi connectivity index (χ2n) is 14.4. The van der Waals surface area contributed by atoms with Gasteiger partial charge in [-0.2, -0.15) is 18.4 Å². The third-order valence-corrected chi connectivity index (χ3v) is 10.3. The van der Waals surface area contributed by atoms with E-state index in [1.807, 2.05) is 103 Å². The highest BCUT2D eigenvalue weighted by atomic mass is 19.4. The van der Waals surface area contributed by atoms with Gasteiger partial charge in [0.05, 0.1) is 35.4 Å². The molecule has 0 amide bonds.